The maximum atomic E-state index is 2.53. The van der Waals surface area contributed by atoms with Crippen molar-refractivity contribution < 1.29 is 0 Å². The molecule has 2 aliphatic rings. The first-order chi connectivity index (χ1) is 21.6. The summed E-state index contributed by atoms with van der Waals surface area (Å²) in [6.45, 7) is 7.48. The Hall–Kier alpha value is -4.82. The van der Waals surface area contributed by atoms with E-state index in [2.05, 4.69) is 188 Å². The van der Waals surface area contributed by atoms with Crippen LogP contribution in [0.3, 0.4) is 0 Å². The largest absolute Gasteiger partial charge is 0.342 e. The second-order valence-electron chi connectivity index (χ2n) is 11.8. The zero-order valence-electron chi connectivity index (χ0n) is 26.1. The molecule has 0 N–H and O–H groups in total. The number of rotatable bonds is 10. The van der Waals surface area contributed by atoms with Crippen molar-refractivity contribution in [3.63, 3.8) is 0 Å². The summed E-state index contributed by atoms with van der Waals surface area (Å²) in [5.41, 5.74) is 10.4. The van der Waals surface area contributed by atoms with E-state index in [9.17, 15) is 0 Å². The standard InChI is InChI=1S/C42H42N2/c1-4-5-6-15-30-43(37-27-24-35(25-28-37)34-16-9-7-10-17-34)33(3)23-22-32(2)36-26-29-42-40(31-36)39-20-13-14-21-41(39)44(42)38-18-11-8-12-19-38/h4-21,23-29,31-32,40,42H,22,30H2,1-3H3/b5-4-,15-6-,33-23+. The summed E-state index contributed by atoms with van der Waals surface area (Å²) in [7, 11) is 0. The van der Waals surface area contributed by atoms with Crippen molar-refractivity contribution in [2.75, 3.05) is 16.3 Å². The zero-order valence-corrected chi connectivity index (χ0v) is 26.1. The number of nitrogens with zero attached hydrogens (tertiary/aromatic N) is 2. The molecule has 0 spiro atoms. The van der Waals surface area contributed by atoms with E-state index in [1.165, 1.54) is 45.0 Å². The molecule has 0 bridgehead atoms. The molecule has 0 saturated carbocycles. The highest BCUT2D eigenvalue weighted by molar-refractivity contribution is 5.75. The van der Waals surface area contributed by atoms with Gasteiger partial charge in [-0.1, -0.05) is 134 Å². The van der Waals surface area contributed by atoms with Gasteiger partial charge in [-0.2, -0.15) is 0 Å². The van der Waals surface area contributed by atoms with Crippen LogP contribution in [-0.2, 0) is 0 Å². The van der Waals surface area contributed by atoms with Gasteiger partial charge in [0.1, 0.15) is 0 Å². The lowest BCUT2D eigenvalue weighted by molar-refractivity contribution is 0.667. The van der Waals surface area contributed by atoms with Crippen LogP contribution in [-0.4, -0.2) is 12.6 Å². The molecular weight excluding hydrogens is 532 g/mol. The number of para-hydroxylation sites is 2. The molecule has 4 aromatic carbocycles. The molecule has 2 heteroatoms. The molecule has 1 aliphatic carbocycles. The van der Waals surface area contributed by atoms with Crippen LogP contribution in [0.2, 0.25) is 0 Å². The molecule has 3 atom stereocenters. The summed E-state index contributed by atoms with van der Waals surface area (Å²) >= 11 is 0. The van der Waals surface area contributed by atoms with E-state index in [1.54, 1.807) is 0 Å². The predicted octanol–water partition coefficient (Wildman–Crippen LogP) is 11.0. The molecule has 44 heavy (non-hydrogen) atoms. The lowest BCUT2D eigenvalue weighted by Crippen LogP contribution is -2.29. The lowest BCUT2D eigenvalue weighted by atomic mass is 9.83. The molecule has 220 valence electrons. The minimum absolute atomic E-state index is 0.307. The summed E-state index contributed by atoms with van der Waals surface area (Å²) in [4.78, 5) is 4.91. The molecule has 6 rings (SSSR count). The Morgan fingerprint density at radius 2 is 1.50 bits per heavy atom. The first kappa shape index (κ1) is 29.3. The summed E-state index contributed by atoms with van der Waals surface area (Å²) in [6, 6.07) is 39.5. The normalized spacial score (nSPS) is 18.4. The van der Waals surface area contributed by atoms with Gasteiger partial charge in [0.2, 0.25) is 0 Å². The Bertz CT molecular complexity index is 1690. The van der Waals surface area contributed by atoms with Crippen molar-refractivity contribution in [1.29, 1.82) is 0 Å². The van der Waals surface area contributed by atoms with Crippen LogP contribution in [0.15, 0.2) is 169 Å². The van der Waals surface area contributed by atoms with Gasteiger partial charge in [-0.15, -0.1) is 0 Å². The van der Waals surface area contributed by atoms with Crippen LogP contribution < -0.4 is 9.80 Å². The first-order valence-electron chi connectivity index (χ1n) is 15.8. The van der Waals surface area contributed by atoms with Gasteiger partial charge < -0.3 is 9.80 Å². The maximum absolute atomic E-state index is 2.53. The minimum Gasteiger partial charge on any atom is -0.342 e. The summed E-state index contributed by atoms with van der Waals surface area (Å²) in [5, 5.41) is 0. The lowest BCUT2D eigenvalue weighted by Gasteiger charge is -2.30. The average molecular weight is 575 g/mol. The topological polar surface area (TPSA) is 6.48 Å². The Morgan fingerprint density at radius 3 is 2.25 bits per heavy atom. The van der Waals surface area contributed by atoms with Crippen molar-refractivity contribution in [3.8, 4) is 11.1 Å². The third-order valence-corrected chi connectivity index (χ3v) is 8.89. The predicted molar refractivity (Wildman–Crippen MR) is 189 cm³/mol. The summed E-state index contributed by atoms with van der Waals surface area (Å²) in [5.74, 6) is 0.774. The Morgan fingerprint density at radius 1 is 0.818 bits per heavy atom. The second-order valence-corrected chi connectivity index (χ2v) is 11.8. The van der Waals surface area contributed by atoms with Crippen LogP contribution in [0.1, 0.15) is 38.7 Å². The van der Waals surface area contributed by atoms with Gasteiger partial charge in [-0.05, 0) is 78.8 Å². The fourth-order valence-corrected chi connectivity index (χ4v) is 6.46. The van der Waals surface area contributed by atoms with E-state index in [0.717, 1.165) is 13.0 Å². The maximum Gasteiger partial charge on any atom is 0.0629 e. The van der Waals surface area contributed by atoms with Crippen molar-refractivity contribution in [2.45, 2.75) is 39.2 Å². The van der Waals surface area contributed by atoms with Crippen molar-refractivity contribution in [3.05, 3.63) is 175 Å². The molecular formula is C42H42N2. The van der Waals surface area contributed by atoms with E-state index in [4.69, 9.17) is 0 Å². The number of hydrogen-bond acceptors (Lipinski definition) is 2. The molecule has 0 saturated heterocycles. The van der Waals surface area contributed by atoms with Gasteiger partial charge in [0.05, 0.1) is 6.04 Å². The van der Waals surface area contributed by atoms with Gasteiger partial charge in [0, 0.05) is 35.2 Å². The highest BCUT2D eigenvalue weighted by Crippen LogP contribution is 2.48. The molecule has 0 radical (unpaired) electrons. The van der Waals surface area contributed by atoms with E-state index in [1.807, 2.05) is 0 Å². The van der Waals surface area contributed by atoms with E-state index < -0.39 is 0 Å². The number of fused-ring (bicyclic) bond motifs is 3. The van der Waals surface area contributed by atoms with Gasteiger partial charge in [-0.25, -0.2) is 0 Å². The molecule has 2 nitrogen and oxygen atoms in total. The molecule has 4 aromatic rings. The van der Waals surface area contributed by atoms with Crippen LogP contribution in [0, 0.1) is 5.92 Å². The van der Waals surface area contributed by atoms with E-state index >= 15 is 0 Å². The summed E-state index contributed by atoms with van der Waals surface area (Å²) < 4.78 is 0. The molecule has 1 heterocycles. The minimum atomic E-state index is 0.307. The van der Waals surface area contributed by atoms with E-state index in [-0.39, 0.29) is 0 Å². The quantitative estimate of drug-likeness (QED) is 0.174. The van der Waals surface area contributed by atoms with Crippen LogP contribution in [0.5, 0.6) is 0 Å². The summed E-state index contributed by atoms with van der Waals surface area (Å²) in [6.07, 6.45) is 19.2. The van der Waals surface area contributed by atoms with Gasteiger partial charge in [0.15, 0.2) is 0 Å². The van der Waals surface area contributed by atoms with Crippen molar-refractivity contribution in [1.82, 2.24) is 0 Å². The van der Waals surface area contributed by atoms with E-state index in [0.29, 0.717) is 17.9 Å². The van der Waals surface area contributed by atoms with Crippen LogP contribution in [0.25, 0.3) is 11.1 Å². The Balaban J connectivity index is 1.21. The fourth-order valence-electron chi connectivity index (χ4n) is 6.46. The smallest absolute Gasteiger partial charge is 0.0629 e. The number of allylic oxidation sites excluding steroid dienone is 7. The average Bonchev–Trinajstić information content (AvgIpc) is 3.42. The molecule has 0 fully saturated rings. The highest BCUT2D eigenvalue weighted by Gasteiger charge is 2.38. The number of benzene rings is 4. The van der Waals surface area contributed by atoms with Crippen LogP contribution in [0.4, 0.5) is 17.1 Å². The second kappa shape index (κ2) is 13.7. The molecule has 0 aromatic heterocycles. The monoisotopic (exact) mass is 574 g/mol. The Kier molecular flexibility index (Phi) is 9.08. The molecule has 1 aliphatic heterocycles. The highest BCUT2D eigenvalue weighted by atomic mass is 15.2. The van der Waals surface area contributed by atoms with Gasteiger partial charge >= 0.3 is 0 Å². The third-order valence-electron chi connectivity index (χ3n) is 8.89. The SMILES string of the molecule is C/C=C\C=C/CN(/C(C)=C/CC(C)C1=CC2c3ccccc3N(c3ccccc3)C2C=C1)c1ccc(-c2ccccc2)cc1. The fraction of sp³-hybridized carbons (Fsp3) is 0.190. The number of anilines is 3. The Labute approximate surface area is 263 Å². The van der Waals surface area contributed by atoms with Crippen molar-refractivity contribution >= 4 is 17.1 Å². The van der Waals surface area contributed by atoms with Gasteiger partial charge in [-0.3, -0.25) is 0 Å². The van der Waals surface area contributed by atoms with Gasteiger partial charge in [0.25, 0.3) is 0 Å². The van der Waals surface area contributed by atoms with Crippen LogP contribution >= 0.6 is 0 Å². The van der Waals surface area contributed by atoms with Crippen molar-refractivity contribution in [2.24, 2.45) is 5.92 Å². The molecule has 0 amide bonds. The third kappa shape index (κ3) is 6.26. The first-order valence-corrected chi connectivity index (χ1v) is 15.8. The number of hydrogen-bond donors (Lipinski definition) is 0. The zero-order chi connectivity index (χ0) is 30.3. The molecule has 3 unspecified atom stereocenters.